The van der Waals surface area contributed by atoms with Gasteiger partial charge >= 0.3 is 0 Å². The van der Waals surface area contributed by atoms with E-state index in [2.05, 4.69) is 0 Å². The van der Waals surface area contributed by atoms with Gasteiger partial charge in [0, 0.05) is 23.6 Å². The molecule has 0 spiro atoms. The third kappa shape index (κ3) is 7.54. The number of ether oxygens (including phenoxy) is 4. The van der Waals surface area contributed by atoms with E-state index in [1.54, 1.807) is 36.7 Å². The molecule has 0 fully saturated rings. The zero-order chi connectivity index (χ0) is 29.0. The van der Waals surface area contributed by atoms with E-state index in [4.69, 9.17) is 28.9 Å². The summed E-state index contributed by atoms with van der Waals surface area (Å²) in [6, 6.07) is 29.5. The first-order valence-electron chi connectivity index (χ1n) is 13.9. The van der Waals surface area contributed by atoms with Gasteiger partial charge in [-0.2, -0.15) is 0 Å². The Morgan fingerprint density at radius 1 is 0.476 bits per heavy atom. The quantitative estimate of drug-likeness (QED) is 0.312. The molecule has 0 aromatic heterocycles. The van der Waals surface area contributed by atoms with Crippen LogP contribution in [0.25, 0.3) is 0 Å². The first-order valence-corrected chi connectivity index (χ1v) is 13.9. The molecule has 216 valence electrons. The van der Waals surface area contributed by atoms with Gasteiger partial charge in [-0.3, -0.25) is 9.98 Å². The number of aliphatic imine (C=N–C) groups is 2. The van der Waals surface area contributed by atoms with Crippen LogP contribution in [-0.4, -0.2) is 62.3 Å². The Labute approximate surface area is 245 Å². The molecule has 1 heterocycles. The summed E-state index contributed by atoms with van der Waals surface area (Å²) in [6.07, 6.45) is 3.30. The first kappa shape index (κ1) is 28.9. The molecular weight excluding hydrogens is 532 g/mol. The molecule has 8 heteroatoms. The summed E-state index contributed by atoms with van der Waals surface area (Å²) in [7, 11) is 0. The minimum absolute atomic E-state index is 0.0000336. The fraction of sp³-hybridized carbons (Fsp3) is 0.235. The summed E-state index contributed by atoms with van der Waals surface area (Å²) in [5, 5.41) is 21.9. The van der Waals surface area contributed by atoms with Crippen LogP contribution in [-0.2, 0) is 9.47 Å². The average Bonchev–Trinajstić information content (AvgIpc) is 3.02. The minimum atomic E-state index is -0.446. The van der Waals surface area contributed by atoms with Crippen LogP contribution in [0.3, 0.4) is 0 Å². The van der Waals surface area contributed by atoms with Gasteiger partial charge < -0.3 is 29.2 Å². The summed E-state index contributed by atoms with van der Waals surface area (Å²) >= 11 is 0. The SMILES string of the molecule is Oc1c2cccc1OCCOCCOCCOc1cccc(c1O)C=NC(c1ccccc1)C(c1ccccc1)N=C2. The fourth-order valence-electron chi connectivity index (χ4n) is 4.58. The molecule has 8 nitrogen and oxygen atoms in total. The van der Waals surface area contributed by atoms with Crippen molar-refractivity contribution in [3.8, 4) is 23.0 Å². The number of nitrogens with zero attached hydrogens (tertiary/aromatic N) is 2. The highest BCUT2D eigenvalue weighted by Gasteiger charge is 2.24. The van der Waals surface area contributed by atoms with Gasteiger partial charge in [0.2, 0.25) is 0 Å². The summed E-state index contributed by atoms with van der Waals surface area (Å²) in [5.74, 6) is 0.699. The molecule has 4 aromatic carbocycles. The summed E-state index contributed by atoms with van der Waals surface area (Å²) in [6.45, 7) is 2.00. The Bertz CT molecular complexity index is 1360. The van der Waals surface area contributed by atoms with Crippen LogP contribution in [0.5, 0.6) is 23.0 Å². The van der Waals surface area contributed by atoms with Crippen LogP contribution in [0, 0.1) is 0 Å². The van der Waals surface area contributed by atoms with Crippen LogP contribution >= 0.6 is 0 Å². The van der Waals surface area contributed by atoms with Crippen molar-refractivity contribution in [3.63, 3.8) is 0 Å². The van der Waals surface area contributed by atoms with Gasteiger partial charge in [-0.25, -0.2) is 0 Å². The maximum Gasteiger partial charge on any atom is 0.166 e. The maximum atomic E-state index is 11.0. The summed E-state index contributed by atoms with van der Waals surface area (Å²) in [4.78, 5) is 9.95. The van der Waals surface area contributed by atoms with Crippen LogP contribution < -0.4 is 9.47 Å². The van der Waals surface area contributed by atoms with Crippen molar-refractivity contribution in [2.75, 3.05) is 39.6 Å². The molecule has 5 rings (SSSR count). The predicted molar refractivity (Wildman–Crippen MR) is 162 cm³/mol. The Morgan fingerprint density at radius 3 is 1.31 bits per heavy atom. The van der Waals surface area contributed by atoms with Gasteiger partial charge in [0.25, 0.3) is 0 Å². The monoisotopic (exact) mass is 566 g/mol. The van der Waals surface area contributed by atoms with Crippen molar-refractivity contribution in [1.29, 1.82) is 0 Å². The Balaban J connectivity index is 1.57. The van der Waals surface area contributed by atoms with E-state index in [9.17, 15) is 10.2 Å². The molecule has 2 atom stereocenters. The normalized spacial score (nSPS) is 18.6. The predicted octanol–water partition coefficient (Wildman–Crippen LogP) is 5.92. The van der Waals surface area contributed by atoms with Crippen LogP contribution in [0.2, 0.25) is 0 Å². The summed E-state index contributed by atoms with van der Waals surface area (Å²) in [5.41, 5.74) is 2.92. The van der Waals surface area contributed by atoms with Gasteiger partial charge in [0.1, 0.15) is 25.3 Å². The molecular formula is C34H34N2O6. The lowest BCUT2D eigenvalue weighted by Gasteiger charge is -2.22. The Hall–Kier alpha value is -4.66. The second-order valence-corrected chi connectivity index (χ2v) is 9.58. The molecule has 0 saturated carbocycles. The Morgan fingerprint density at radius 2 is 0.881 bits per heavy atom. The molecule has 0 radical (unpaired) electrons. The standard InChI is InChI=1S/C34H34N2O6/c37-33-27-13-7-15-29(33)41-21-19-39-17-18-40-20-22-42-30-16-8-14-28(34(30)38)24-36-32(26-11-5-2-6-12-26)31(35-23-27)25-9-3-1-4-10-25/h1-16,23-24,31-32,37-38H,17-22H2. The molecule has 4 aromatic rings. The van der Waals surface area contributed by atoms with E-state index in [1.165, 1.54) is 0 Å². The van der Waals surface area contributed by atoms with Gasteiger partial charge in [-0.05, 0) is 35.4 Å². The number of hydrogen-bond acceptors (Lipinski definition) is 8. The van der Waals surface area contributed by atoms with Crippen molar-refractivity contribution in [2.24, 2.45) is 9.98 Å². The van der Waals surface area contributed by atoms with E-state index in [1.807, 2.05) is 72.8 Å². The van der Waals surface area contributed by atoms with Crippen molar-refractivity contribution in [3.05, 3.63) is 119 Å². The van der Waals surface area contributed by atoms with E-state index in [0.29, 0.717) is 49.1 Å². The van der Waals surface area contributed by atoms with Crippen LogP contribution in [0.1, 0.15) is 34.3 Å². The van der Waals surface area contributed by atoms with E-state index < -0.39 is 12.1 Å². The largest absolute Gasteiger partial charge is 0.504 e. The molecule has 4 bridgehead atoms. The third-order valence-corrected chi connectivity index (χ3v) is 6.73. The number of hydrogen-bond donors (Lipinski definition) is 2. The van der Waals surface area contributed by atoms with Crippen molar-refractivity contribution >= 4 is 12.4 Å². The van der Waals surface area contributed by atoms with Crippen LogP contribution in [0.4, 0.5) is 0 Å². The zero-order valence-corrected chi connectivity index (χ0v) is 23.2. The maximum absolute atomic E-state index is 11.0. The molecule has 1 aliphatic heterocycles. The lowest BCUT2D eigenvalue weighted by atomic mass is 9.94. The van der Waals surface area contributed by atoms with Gasteiger partial charge in [-0.1, -0.05) is 72.8 Å². The molecule has 42 heavy (non-hydrogen) atoms. The number of para-hydroxylation sites is 2. The lowest BCUT2D eigenvalue weighted by Crippen LogP contribution is -2.13. The number of fused-ring (bicyclic) bond motifs is 4. The fourth-order valence-corrected chi connectivity index (χ4v) is 4.58. The highest BCUT2D eigenvalue weighted by atomic mass is 16.6. The molecule has 0 aliphatic carbocycles. The molecule has 2 unspecified atom stereocenters. The first-order chi connectivity index (χ1) is 20.7. The average molecular weight is 567 g/mol. The second kappa shape index (κ2) is 14.8. The third-order valence-electron chi connectivity index (χ3n) is 6.73. The van der Waals surface area contributed by atoms with Crippen molar-refractivity contribution in [2.45, 2.75) is 12.1 Å². The number of phenols is 2. The van der Waals surface area contributed by atoms with Crippen molar-refractivity contribution in [1.82, 2.24) is 0 Å². The number of benzene rings is 4. The molecule has 1 aliphatic rings. The van der Waals surface area contributed by atoms with E-state index in [-0.39, 0.29) is 24.7 Å². The van der Waals surface area contributed by atoms with Crippen LogP contribution in [0.15, 0.2) is 107 Å². The van der Waals surface area contributed by atoms with E-state index in [0.717, 1.165) is 11.1 Å². The summed E-state index contributed by atoms with van der Waals surface area (Å²) < 4.78 is 22.7. The Kier molecular flexibility index (Phi) is 10.2. The molecule has 0 amide bonds. The smallest absolute Gasteiger partial charge is 0.166 e. The molecule has 2 N–H and O–H groups in total. The minimum Gasteiger partial charge on any atom is -0.504 e. The highest BCUT2D eigenvalue weighted by molar-refractivity contribution is 5.86. The highest BCUT2D eigenvalue weighted by Crippen LogP contribution is 2.37. The van der Waals surface area contributed by atoms with Crippen molar-refractivity contribution < 1.29 is 29.2 Å². The van der Waals surface area contributed by atoms with Gasteiger partial charge in [0.05, 0.1) is 26.4 Å². The molecule has 0 saturated heterocycles. The number of aromatic hydroxyl groups is 2. The zero-order valence-electron chi connectivity index (χ0n) is 23.2. The number of rotatable bonds is 2. The van der Waals surface area contributed by atoms with E-state index >= 15 is 0 Å². The van der Waals surface area contributed by atoms with Gasteiger partial charge in [0.15, 0.2) is 23.0 Å². The topological polar surface area (TPSA) is 102 Å². The van der Waals surface area contributed by atoms with Gasteiger partial charge in [-0.15, -0.1) is 0 Å². The number of phenolic OH excluding ortho intramolecular Hbond substituents is 2. The lowest BCUT2D eigenvalue weighted by molar-refractivity contribution is 0.0269. The second-order valence-electron chi connectivity index (χ2n) is 9.58.